The molecule has 1 unspecified atom stereocenters. The van der Waals surface area contributed by atoms with Crippen LogP contribution in [0.2, 0.25) is 0 Å². The summed E-state index contributed by atoms with van der Waals surface area (Å²) in [5, 5.41) is 0. The largest absolute Gasteiger partial charge is 0.573 e. The van der Waals surface area contributed by atoms with Gasteiger partial charge in [0, 0.05) is 6.04 Å². The van der Waals surface area contributed by atoms with Crippen molar-refractivity contribution in [2.45, 2.75) is 39.1 Å². The van der Waals surface area contributed by atoms with Gasteiger partial charge in [-0.1, -0.05) is 38.8 Å². The van der Waals surface area contributed by atoms with Crippen LogP contribution in [0.5, 0.6) is 5.75 Å². The molecule has 1 aromatic rings. The number of hydrogen-bond donors (Lipinski definition) is 1. The first kappa shape index (κ1) is 14.8. The molecule has 18 heavy (non-hydrogen) atoms. The quantitative estimate of drug-likeness (QED) is 0.868. The third kappa shape index (κ3) is 4.22. The molecule has 0 aliphatic rings. The van der Waals surface area contributed by atoms with Gasteiger partial charge >= 0.3 is 6.36 Å². The molecular formula is C13H18F3NO. The molecule has 0 spiro atoms. The van der Waals surface area contributed by atoms with Crippen LogP contribution in [0.25, 0.3) is 0 Å². The van der Waals surface area contributed by atoms with Crippen LogP contribution in [0.4, 0.5) is 13.2 Å². The Morgan fingerprint density at radius 1 is 1.22 bits per heavy atom. The van der Waals surface area contributed by atoms with Crippen LogP contribution in [-0.4, -0.2) is 6.36 Å². The molecule has 1 rings (SSSR count). The van der Waals surface area contributed by atoms with Gasteiger partial charge in [-0.05, 0) is 23.6 Å². The van der Waals surface area contributed by atoms with Crippen molar-refractivity contribution in [3.8, 4) is 5.75 Å². The fraction of sp³-hybridized carbons (Fsp3) is 0.538. The Labute approximate surface area is 105 Å². The Morgan fingerprint density at radius 3 is 2.33 bits per heavy atom. The van der Waals surface area contributed by atoms with E-state index in [0.717, 1.165) is 12.8 Å². The molecule has 2 N–H and O–H groups in total. The van der Waals surface area contributed by atoms with Crippen LogP contribution in [0.1, 0.15) is 38.3 Å². The zero-order valence-corrected chi connectivity index (χ0v) is 10.5. The zero-order chi connectivity index (χ0) is 13.8. The predicted molar refractivity (Wildman–Crippen MR) is 64.1 cm³/mol. The van der Waals surface area contributed by atoms with Gasteiger partial charge in [0.05, 0.1) is 0 Å². The number of nitrogens with two attached hydrogens (primary N) is 1. The molecule has 1 atom stereocenters. The van der Waals surface area contributed by atoms with Crippen LogP contribution in [-0.2, 0) is 0 Å². The maximum Gasteiger partial charge on any atom is 0.573 e. The van der Waals surface area contributed by atoms with E-state index in [0.29, 0.717) is 5.56 Å². The van der Waals surface area contributed by atoms with Gasteiger partial charge in [0.2, 0.25) is 0 Å². The summed E-state index contributed by atoms with van der Waals surface area (Å²) in [4.78, 5) is 0. The van der Waals surface area contributed by atoms with Crippen molar-refractivity contribution < 1.29 is 17.9 Å². The second-order valence-electron chi connectivity index (χ2n) is 4.22. The van der Waals surface area contributed by atoms with Gasteiger partial charge in [-0.15, -0.1) is 13.2 Å². The van der Waals surface area contributed by atoms with Gasteiger partial charge < -0.3 is 10.5 Å². The van der Waals surface area contributed by atoms with E-state index in [2.05, 4.69) is 4.74 Å². The molecule has 0 amide bonds. The van der Waals surface area contributed by atoms with Gasteiger partial charge in [-0.2, -0.15) is 0 Å². The van der Waals surface area contributed by atoms with Crippen LogP contribution in [0.15, 0.2) is 24.3 Å². The van der Waals surface area contributed by atoms with Gasteiger partial charge in [0.15, 0.2) is 0 Å². The van der Waals surface area contributed by atoms with Crippen LogP contribution in [0.3, 0.4) is 0 Å². The van der Waals surface area contributed by atoms with E-state index in [1.165, 1.54) is 18.2 Å². The molecule has 5 heteroatoms. The van der Waals surface area contributed by atoms with E-state index in [-0.39, 0.29) is 17.7 Å². The lowest BCUT2D eigenvalue weighted by molar-refractivity contribution is -0.274. The topological polar surface area (TPSA) is 35.2 Å². The van der Waals surface area contributed by atoms with E-state index in [1.807, 2.05) is 13.8 Å². The number of ether oxygens (including phenoxy) is 1. The third-order valence-corrected chi connectivity index (χ3v) is 3.03. The zero-order valence-electron chi connectivity index (χ0n) is 10.5. The first-order valence-electron chi connectivity index (χ1n) is 5.98. The van der Waals surface area contributed by atoms with Crippen molar-refractivity contribution in [1.82, 2.24) is 0 Å². The molecule has 0 saturated carbocycles. The molecule has 0 fully saturated rings. The van der Waals surface area contributed by atoms with Crippen molar-refractivity contribution in [2.24, 2.45) is 11.7 Å². The van der Waals surface area contributed by atoms with Crippen molar-refractivity contribution in [2.75, 3.05) is 0 Å². The highest BCUT2D eigenvalue weighted by molar-refractivity contribution is 5.30. The molecule has 0 saturated heterocycles. The molecule has 0 aliphatic carbocycles. The second-order valence-corrected chi connectivity index (χ2v) is 4.22. The second kappa shape index (κ2) is 6.09. The Bertz CT molecular complexity index is 375. The predicted octanol–water partition coefficient (Wildman–Crippen LogP) is 4.02. The first-order chi connectivity index (χ1) is 8.37. The number of rotatable bonds is 5. The van der Waals surface area contributed by atoms with Crippen molar-refractivity contribution >= 4 is 0 Å². The average Bonchev–Trinajstić information content (AvgIpc) is 2.28. The summed E-state index contributed by atoms with van der Waals surface area (Å²) in [7, 11) is 0. The molecular weight excluding hydrogens is 243 g/mol. The lowest BCUT2D eigenvalue weighted by atomic mass is 9.89. The van der Waals surface area contributed by atoms with E-state index < -0.39 is 6.36 Å². The fourth-order valence-corrected chi connectivity index (χ4v) is 1.99. The fourth-order valence-electron chi connectivity index (χ4n) is 1.99. The highest BCUT2D eigenvalue weighted by atomic mass is 19.4. The van der Waals surface area contributed by atoms with Gasteiger partial charge in [0.1, 0.15) is 5.75 Å². The minimum absolute atomic E-state index is 0.221. The van der Waals surface area contributed by atoms with Crippen LogP contribution >= 0.6 is 0 Å². The standard InChI is InChI=1S/C13H18F3NO/c1-3-9(4-2)12(17)10-6-5-7-11(8-10)18-13(14,15)16/h5-9,12H,3-4,17H2,1-2H3. The smallest absolute Gasteiger partial charge is 0.406 e. The van der Waals surface area contributed by atoms with Crippen molar-refractivity contribution in [1.29, 1.82) is 0 Å². The molecule has 1 aromatic carbocycles. The maximum atomic E-state index is 12.1. The summed E-state index contributed by atoms with van der Waals surface area (Å²) in [5.74, 6) is 0.0348. The number of halogens is 3. The molecule has 0 aromatic heterocycles. The van der Waals surface area contributed by atoms with E-state index in [1.54, 1.807) is 6.07 Å². The molecule has 102 valence electrons. The molecule has 0 aliphatic heterocycles. The molecule has 0 bridgehead atoms. The van der Waals surface area contributed by atoms with Gasteiger partial charge in [-0.25, -0.2) is 0 Å². The van der Waals surface area contributed by atoms with E-state index in [9.17, 15) is 13.2 Å². The first-order valence-corrected chi connectivity index (χ1v) is 5.98. The highest BCUT2D eigenvalue weighted by Crippen LogP contribution is 2.29. The highest BCUT2D eigenvalue weighted by Gasteiger charge is 2.31. The van der Waals surface area contributed by atoms with Gasteiger partial charge in [0.25, 0.3) is 0 Å². The molecule has 2 nitrogen and oxygen atoms in total. The maximum absolute atomic E-state index is 12.1. The lowest BCUT2D eigenvalue weighted by Gasteiger charge is -2.22. The minimum Gasteiger partial charge on any atom is -0.406 e. The molecule has 0 radical (unpaired) electrons. The summed E-state index contributed by atoms with van der Waals surface area (Å²) >= 11 is 0. The third-order valence-electron chi connectivity index (χ3n) is 3.03. The van der Waals surface area contributed by atoms with Crippen LogP contribution in [0, 0.1) is 5.92 Å². The van der Waals surface area contributed by atoms with E-state index >= 15 is 0 Å². The van der Waals surface area contributed by atoms with Gasteiger partial charge in [-0.3, -0.25) is 0 Å². The Kier molecular flexibility index (Phi) is 5.02. The Morgan fingerprint density at radius 2 is 1.83 bits per heavy atom. The summed E-state index contributed by atoms with van der Waals surface area (Å²) in [6.45, 7) is 4.04. The summed E-state index contributed by atoms with van der Waals surface area (Å²) in [6, 6.07) is 5.62. The lowest BCUT2D eigenvalue weighted by Crippen LogP contribution is -2.21. The average molecular weight is 261 g/mol. The number of hydrogen-bond acceptors (Lipinski definition) is 2. The summed E-state index contributed by atoms with van der Waals surface area (Å²) in [6.07, 6.45) is -2.89. The van der Waals surface area contributed by atoms with Crippen molar-refractivity contribution in [3.63, 3.8) is 0 Å². The summed E-state index contributed by atoms with van der Waals surface area (Å²) < 4.78 is 40.2. The minimum atomic E-state index is -4.67. The van der Waals surface area contributed by atoms with E-state index in [4.69, 9.17) is 5.73 Å². The molecule has 0 heterocycles. The monoisotopic (exact) mass is 261 g/mol. The summed E-state index contributed by atoms with van der Waals surface area (Å²) in [5.41, 5.74) is 6.73. The number of benzene rings is 1. The Balaban J connectivity index is 2.87. The van der Waals surface area contributed by atoms with Crippen molar-refractivity contribution in [3.05, 3.63) is 29.8 Å². The SMILES string of the molecule is CCC(CC)C(N)c1cccc(OC(F)(F)F)c1. The number of alkyl halides is 3. The normalized spacial score (nSPS) is 13.7. The Hall–Kier alpha value is -1.23. The van der Waals surface area contributed by atoms with Crippen LogP contribution < -0.4 is 10.5 Å².